The molecule has 376 valence electrons. The molecule has 0 heterocycles. The lowest BCUT2D eigenvalue weighted by atomic mass is 9.91. The third kappa shape index (κ3) is 14.9. The van der Waals surface area contributed by atoms with Gasteiger partial charge in [-0.1, -0.05) is 79.1 Å². The molecule has 4 aromatic carbocycles. The fourth-order valence-corrected chi connectivity index (χ4v) is 10.5. The van der Waals surface area contributed by atoms with Gasteiger partial charge >= 0.3 is 0 Å². The minimum absolute atomic E-state index is 0.137. The Morgan fingerprint density at radius 1 is 0.324 bits per heavy atom. The second-order valence-electron chi connectivity index (χ2n) is 17.1. The zero-order chi connectivity index (χ0) is 49.9. The van der Waals surface area contributed by atoms with Crippen LogP contribution < -0.4 is 18.9 Å². The van der Waals surface area contributed by atoms with Gasteiger partial charge in [0.1, 0.15) is 23.0 Å². The van der Waals surface area contributed by atoms with E-state index < -0.39 is 60.1 Å². The minimum Gasteiger partial charge on any atom is -0.493 e. The third-order valence-corrected chi connectivity index (χ3v) is 14.9. The molecule has 16 nitrogen and oxygen atoms in total. The third-order valence-electron chi connectivity index (χ3n) is 11.6. The van der Waals surface area contributed by atoms with Crippen LogP contribution in [0.4, 0.5) is 0 Å². The number of unbranched alkanes of at least 4 members (excludes halogenated alkanes) is 8. The molecule has 20 heteroatoms. The van der Waals surface area contributed by atoms with Crippen molar-refractivity contribution < 1.29 is 70.8 Å². The monoisotopic (exact) mass is 1020 g/mol. The van der Waals surface area contributed by atoms with Gasteiger partial charge in [0.15, 0.2) is 0 Å². The fraction of sp³-hybridized carbons (Fsp3) is 0.500. The molecule has 68 heavy (non-hydrogen) atoms. The Morgan fingerprint density at radius 2 is 0.485 bits per heavy atom. The van der Waals surface area contributed by atoms with Crippen molar-refractivity contribution in [2.75, 3.05) is 26.4 Å². The van der Waals surface area contributed by atoms with Gasteiger partial charge in [-0.15, -0.1) is 0 Å². The van der Waals surface area contributed by atoms with Crippen molar-refractivity contribution in [2.45, 2.75) is 150 Å². The first-order valence-corrected chi connectivity index (χ1v) is 28.9. The van der Waals surface area contributed by atoms with E-state index in [0.717, 1.165) is 51.4 Å². The van der Waals surface area contributed by atoms with E-state index in [1.165, 1.54) is 48.5 Å². The van der Waals surface area contributed by atoms with Gasteiger partial charge in [0.25, 0.3) is 40.5 Å². The highest BCUT2D eigenvalue weighted by molar-refractivity contribution is 7.86. The lowest BCUT2D eigenvalue weighted by molar-refractivity contribution is 0.294. The van der Waals surface area contributed by atoms with Gasteiger partial charge in [-0.3, -0.25) is 18.2 Å². The van der Waals surface area contributed by atoms with E-state index >= 15 is 0 Å². The molecule has 0 saturated carbocycles. The second-order valence-corrected chi connectivity index (χ2v) is 22.8. The van der Waals surface area contributed by atoms with Crippen LogP contribution in [-0.2, 0) is 66.2 Å². The molecule has 0 unspecified atom stereocenters. The molecule has 4 aromatic rings. The summed E-state index contributed by atoms with van der Waals surface area (Å²) in [4.78, 5) is -2.24. The maximum atomic E-state index is 13.1. The van der Waals surface area contributed by atoms with E-state index in [1.807, 2.05) is 27.7 Å². The highest BCUT2D eigenvalue weighted by atomic mass is 32.2. The quantitative estimate of drug-likeness (QED) is 0.0331. The lowest BCUT2D eigenvalue weighted by Gasteiger charge is -2.24. The zero-order valence-corrected chi connectivity index (χ0v) is 42.3. The topological polar surface area (TPSA) is 254 Å². The molecule has 8 bridgehead atoms. The van der Waals surface area contributed by atoms with Crippen molar-refractivity contribution in [3.8, 4) is 23.0 Å². The van der Waals surface area contributed by atoms with Crippen LogP contribution in [0.2, 0.25) is 0 Å². The Morgan fingerprint density at radius 3 is 0.618 bits per heavy atom. The van der Waals surface area contributed by atoms with Gasteiger partial charge in [-0.05, 0) is 74.2 Å². The van der Waals surface area contributed by atoms with E-state index in [-0.39, 0.29) is 120 Å². The highest BCUT2D eigenvalue weighted by Gasteiger charge is 2.29. The molecule has 0 radical (unpaired) electrons. The fourth-order valence-electron chi connectivity index (χ4n) is 8.20. The van der Waals surface area contributed by atoms with Crippen LogP contribution in [0.1, 0.15) is 149 Å². The van der Waals surface area contributed by atoms with Gasteiger partial charge in [0.05, 0.1) is 46.0 Å². The molecule has 0 aliphatic heterocycles. The number of benzene rings is 4. The minimum atomic E-state index is -4.96. The first kappa shape index (κ1) is 54.7. The molecule has 0 atom stereocenters. The molecular weight excluding hydrogens is 961 g/mol. The van der Waals surface area contributed by atoms with E-state index in [2.05, 4.69) is 0 Å². The van der Waals surface area contributed by atoms with E-state index in [4.69, 9.17) is 18.9 Å². The SMILES string of the molecule is CCCCCOc1c2cc(S(=O)(=O)O)cc1Cc1cc(S(=O)(=O)O)cc(c1OCCCCC)Cc1cc(S(=O)(=O)O)cc(c1OCCCCC)Cc1cc(S(=O)(=O)O)cc(c1OCCCCC)C2. The highest BCUT2D eigenvalue weighted by Crippen LogP contribution is 2.42. The standard InChI is InChI=1S/C48H64O16S4/c1-5-9-13-17-61-45-33-21-35-27-42(66(52,53)54)29-37(46(35)62-18-14-10-6-2)23-39-31-44(68(58,59)60)32-40(48(39)64-20-16-12-8-4)24-38-30-43(67(55,56)57)28-36(47(38)63-19-15-11-7-3)22-34(45)26-41(25-33)65(49,50)51/h25-32H,5-24H2,1-4H3,(H,49,50,51)(H,52,53,54)(H,55,56,57)(H,58,59,60). The Bertz CT molecular complexity index is 2380. The average molecular weight is 1030 g/mol. The summed E-state index contributed by atoms with van der Waals surface area (Å²) in [6.07, 6.45) is 7.43. The normalized spacial score (nSPS) is 13.3. The maximum absolute atomic E-state index is 13.1. The van der Waals surface area contributed by atoms with Crippen molar-refractivity contribution in [3.05, 3.63) is 93.0 Å². The van der Waals surface area contributed by atoms with Crippen LogP contribution in [0.5, 0.6) is 23.0 Å². The van der Waals surface area contributed by atoms with Crippen molar-refractivity contribution in [1.29, 1.82) is 0 Å². The molecule has 5 rings (SSSR count). The molecule has 1 aliphatic carbocycles. The van der Waals surface area contributed by atoms with Crippen molar-refractivity contribution in [2.24, 2.45) is 0 Å². The summed E-state index contributed by atoms with van der Waals surface area (Å²) < 4.78 is 173. The summed E-state index contributed by atoms with van der Waals surface area (Å²) in [7, 11) is -19.8. The van der Waals surface area contributed by atoms with Crippen LogP contribution in [0, 0.1) is 0 Å². The van der Waals surface area contributed by atoms with E-state index in [9.17, 15) is 51.9 Å². The van der Waals surface area contributed by atoms with Gasteiger partial charge in [-0.2, -0.15) is 33.7 Å². The Balaban J connectivity index is 2.01. The van der Waals surface area contributed by atoms with E-state index in [1.54, 1.807) is 0 Å². The van der Waals surface area contributed by atoms with Gasteiger partial charge in [0.2, 0.25) is 0 Å². The van der Waals surface area contributed by atoms with Crippen molar-refractivity contribution in [3.63, 3.8) is 0 Å². The second kappa shape index (κ2) is 24.0. The van der Waals surface area contributed by atoms with Crippen LogP contribution in [0.15, 0.2) is 68.1 Å². The zero-order valence-electron chi connectivity index (χ0n) is 39.1. The first-order chi connectivity index (χ1) is 32.1. The van der Waals surface area contributed by atoms with Gasteiger partial charge in [-0.25, -0.2) is 0 Å². The Kier molecular flexibility index (Phi) is 19.3. The Hall–Kier alpha value is -4.28. The molecule has 1 aliphatic rings. The molecule has 4 N–H and O–H groups in total. The number of fused-ring (bicyclic) bond motifs is 8. The number of hydrogen-bond donors (Lipinski definition) is 4. The smallest absolute Gasteiger partial charge is 0.294 e. The van der Waals surface area contributed by atoms with Crippen molar-refractivity contribution >= 4 is 40.5 Å². The number of rotatable bonds is 24. The molecule has 0 fully saturated rings. The summed E-state index contributed by atoms with van der Waals surface area (Å²) in [5.74, 6) is 0.548. The summed E-state index contributed by atoms with van der Waals surface area (Å²) in [5.41, 5.74) is 1.13. The van der Waals surface area contributed by atoms with Crippen molar-refractivity contribution in [1.82, 2.24) is 0 Å². The van der Waals surface area contributed by atoms with Crippen LogP contribution >= 0.6 is 0 Å². The number of hydrogen-bond acceptors (Lipinski definition) is 12. The number of ether oxygens (including phenoxy) is 4. The lowest BCUT2D eigenvalue weighted by Crippen LogP contribution is -2.13. The summed E-state index contributed by atoms with van der Waals surface area (Å²) >= 11 is 0. The molecule has 0 amide bonds. The summed E-state index contributed by atoms with van der Waals surface area (Å²) in [6, 6.07) is 9.48. The Labute approximate surface area is 401 Å². The largest absolute Gasteiger partial charge is 0.493 e. The average Bonchev–Trinajstić information content (AvgIpc) is 3.24. The van der Waals surface area contributed by atoms with Gasteiger partial charge in [0, 0.05) is 70.2 Å². The molecule has 0 saturated heterocycles. The first-order valence-electron chi connectivity index (χ1n) is 23.1. The predicted octanol–water partition coefficient (Wildman–Crippen LogP) is 9.63. The van der Waals surface area contributed by atoms with Gasteiger partial charge < -0.3 is 18.9 Å². The molecular formula is C48H64O16S4. The van der Waals surface area contributed by atoms with E-state index in [0.29, 0.717) is 25.7 Å². The summed E-state index contributed by atoms with van der Waals surface area (Å²) in [6.45, 7) is 8.54. The van der Waals surface area contributed by atoms with Crippen LogP contribution in [0.3, 0.4) is 0 Å². The molecule has 0 spiro atoms. The van der Waals surface area contributed by atoms with Crippen LogP contribution in [0.25, 0.3) is 0 Å². The molecule has 0 aromatic heterocycles. The predicted molar refractivity (Wildman–Crippen MR) is 256 cm³/mol. The summed E-state index contributed by atoms with van der Waals surface area (Å²) in [5, 5.41) is 0. The van der Waals surface area contributed by atoms with Crippen LogP contribution in [-0.4, -0.2) is 78.3 Å². The maximum Gasteiger partial charge on any atom is 0.294 e.